The number of hydrogen-bond acceptors (Lipinski definition) is 3. The van der Waals surface area contributed by atoms with Crippen molar-refractivity contribution in [3.05, 3.63) is 0 Å². The van der Waals surface area contributed by atoms with Crippen LogP contribution in [0.1, 0.15) is 46.5 Å². The maximum Gasteiger partial charge on any atom is 0.220 e. The normalized spacial score (nSPS) is 13.6. The highest BCUT2D eigenvalue weighted by Gasteiger charge is 2.18. The Morgan fingerprint density at radius 1 is 1.44 bits per heavy atom. The highest BCUT2D eigenvalue weighted by molar-refractivity contribution is 5.75. The van der Waals surface area contributed by atoms with Gasteiger partial charge < -0.3 is 16.2 Å². The van der Waals surface area contributed by atoms with E-state index in [-0.39, 0.29) is 11.3 Å². The zero-order valence-corrected chi connectivity index (χ0v) is 10.8. The van der Waals surface area contributed by atoms with Crippen molar-refractivity contribution in [3.8, 4) is 0 Å². The molecule has 4 N–H and O–H groups in total. The van der Waals surface area contributed by atoms with Gasteiger partial charge in [-0.05, 0) is 31.2 Å². The van der Waals surface area contributed by atoms with E-state index in [0.29, 0.717) is 25.9 Å². The predicted octanol–water partition coefficient (Wildman–Crippen LogP) is 1.03. The van der Waals surface area contributed by atoms with E-state index in [1.165, 1.54) is 0 Å². The molecular formula is C12H26N2O2. The maximum absolute atomic E-state index is 11.5. The second-order valence-electron chi connectivity index (χ2n) is 5.07. The first-order valence-electron chi connectivity index (χ1n) is 6.06. The molecule has 1 unspecified atom stereocenters. The van der Waals surface area contributed by atoms with Crippen LogP contribution in [0.3, 0.4) is 0 Å². The SMILES string of the molecule is CCC(O)CNC(=O)CCC(C)(C)CCN. The lowest BCUT2D eigenvalue weighted by Gasteiger charge is -2.23. The Hall–Kier alpha value is -0.610. The van der Waals surface area contributed by atoms with Crippen LogP contribution in [0.15, 0.2) is 0 Å². The Balaban J connectivity index is 3.72. The molecule has 0 heterocycles. The third-order valence-electron chi connectivity index (χ3n) is 2.86. The van der Waals surface area contributed by atoms with Gasteiger partial charge in [0, 0.05) is 13.0 Å². The van der Waals surface area contributed by atoms with Gasteiger partial charge in [-0.15, -0.1) is 0 Å². The van der Waals surface area contributed by atoms with Gasteiger partial charge in [-0.3, -0.25) is 4.79 Å². The van der Waals surface area contributed by atoms with E-state index in [1.807, 2.05) is 6.92 Å². The van der Waals surface area contributed by atoms with Gasteiger partial charge in [0.25, 0.3) is 0 Å². The lowest BCUT2D eigenvalue weighted by atomic mass is 9.84. The van der Waals surface area contributed by atoms with Crippen LogP contribution in [-0.2, 0) is 4.79 Å². The number of hydrogen-bond donors (Lipinski definition) is 3. The molecule has 1 amide bonds. The molecule has 0 radical (unpaired) electrons. The molecule has 0 bridgehead atoms. The zero-order valence-electron chi connectivity index (χ0n) is 10.8. The first-order valence-corrected chi connectivity index (χ1v) is 6.06. The molecular weight excluding hydrogens is 204 g/mol. The molecule has 0 aliphatic carbocycles. The summed E-state index contributed by atoms with van der Waals surface area (Å²) in [4.78, 5) is 11.5. The smallest absolute Gasteiger partial charge is 0.220 e. The number of aliphatic hydroxyl groups is 1. The largest absolute Gasteiger partial charge is 0.391 e. The van der Waals surface area contributed by atoms with Crippen molar-refractivity contribution < 1.29 is 9.90 Å². The molecule has 0 spiro atoms. The molecule has 0 fully saturated rings. The van der Waals surface area contributed by atoms with Crippen molar-refractivity contribution in [1.29, 1.82) is 0 Å². The summed E-state index contributed by atoms with van der Waals surface area (Å²) in [7, 11) is 0. The first kappa shape index (κ1) is 15.4. The molecule has 0 saturated carbocycles. The molecule has 0 rings (SSSR count). The number of nitrogens with two attached hydrogens (primary N) is 1. The summed E-state index contributed by atoms with van der Waals surface area (Å²) >= 11 is 0. The van der Waals surface area contributed by atoms with Gasteiger partial charge in [0.05, 0.1) is 6.10 Å². The molecule has 0 saturated heterocycles. The molecule has 0 aliphatic heterocycles. The Morgan fingerprint density at radius 2 is 2.06 bits per heavy atom. The number of nitrogens with one attached hydrogen (secondary N) is 1. The third kappa shape index (κ3) is 7.65. The minimum Gasteiger partial charge on any atom is -0.391 e. The number of amides is 1. The van der Waals surface area contributed by atoms with E-state index in [4.69, 9.17) is 5.73 Å². The number of aliphatic hydroxyl groups excluding tert-OH is 1. The summed E-state index contributed by atoms with van der Waals surface area (Å²) in [5.41, 5.74) is 5.62. The summed E-state index contributed by atoms with van der Waals surface area (Å²) in [5.74, 6) is 0.0117. The van der Waals surface area contributed by atoms with Crippen molar-refractivity contribution in [2.45, 2.75) is 52.6 Å². The van der Waals surface area contributed by atoms with Crippen molar-refractivity contribution in [1.82, 2.24) is 5.32 Å². The second-order valence-corrected chi connectivity index (χ2v) is 5.07. The van der Waals surface area contributed by atoms with Crippen LogP contribution in [0.25, 0.3) is 0 Å². The molecule has 4 heteroatoms. The van der Waals surface area contributed by atoms with Gasteiger partial charge >= 0.3 is 0 Å². The zero-order chi connectivity index (χ0) is 12.6. The molecule has 4 nitrogen and oxygen atoms in total. The highest BCUT2D eigenvalue weighted by atomic mass is 16.3. The van der Waals surface area contributed by atoms with E-state index >= 15 is 0 Å². The van der Waals surface area contributed by atoms with Crippen molar-refractivity contribution in [3.63, 3.8) is 0 Å². The fourth-order valence-corrected chi connectivity index (χ4v) is 1.43. The Morgan fingerprint density at radius 3 is 2.56 bits per heavy atom. The van der Waals surface area contributed by atoms with Crippen LogP contribution in [0.4, 0.5) is 0 Å². The fraction of sp³-hybridized carbons (Fsp3) is 0.917. The van der Waals surface area contributed by atoms with Crippen molar-refractivity contribution in [2.24, 2.45) is 11.1 Å². The average molecular weight is 230 g/mol. The van der Waals surface area contributed by atoms with Gasteiger partial charge in [-0.25, -0.2) is 0 Å². The number of rotatable bonds is 8. The van der Waals surface area contributed by atoms with Crippen LogP contribution >= 0.6 is 0 Å². The van der Waals surface area contributed by atoms with E-state index in [0.717, 1.165) is 12.8 Å². The standard InChI is InChI=1S/C12H26N2O2/c1-4-10(15)9-14-11(16)5-6-12(2,3)7-8-13/h10,15H,4-9,13H2,1-3H3,(H,14,16). The number of carbonyl (C=O) groups is 1. The monoisotopic (exact) mass is 230 g/mol. The quantitative estimate of drug-likeness (QED) is 0.583. The van der Waals surface area contributed by atoms with Gasteiger partial charge in [0.15, 0.2) is 0 Å². The molecule has 0 aliphatic rings. The lowest BCUT2D eigenvalue weighted by molar-refractivity contribution is -0.122. The Labute approximate surface area is 98.6 Å². The van der Waals surface area contributed by atoms with Crippen molar-refractivity contribution in [2.75, 3.05) is 13.1 Å². The molecule has 0 aromatic carbocycles. The van der Waals surface area contributed by atoms with E-state index in [2.05, 4.69) is 19.2 Å². The molecule has 96 valence electrons. The minimum absolute atomic E-state index is 0.0117. The predicted molar refractivity (Wildman–Crippen MR) is 66.0 cm³/mol. The van der Waals surface area contributed by atoms with Gasteiger partial charge in [-0.1, -0.05) is 20.8 Å². The molecule has 16 heavy (non-hydrogen) atoms. The summed E-state index contributed by atoms with van der Waals surface area (Å²) in [6.07, 6.45) is 2.50. The van der Waals surface area contributed by atoms with Crippen LogP contribution in [0.2, 0.25) is 0 Å². The number of carbonyl (C=O) groups excluding carboxylic acids is 1. The minimum atomic E-state index is -0.430. The molecule has 0 aromatic rings. The summed E-state index contributed by atoms with van der Waals surface area (Å²) in [6.45, 7) is 7.14. The summed E-state index contributed by atoms with van der Waals surface area (Å²) in [5, 5.41) is 12.0. The van der Waals surface area contributed by atoms with E-state index in [1.54, 1.807) is 0 Å². The van der Waals surface area contributed by atoms with Crippen LogP contribution in [0.5, 0.6) is 0 Å². The maximum atomic E-state index is 11.5. The molecule has 1 atom stereocenters. The topological polar surface area (TPSA) is 75.3 Å². The van der Waals surface area contributed by atoms with Gasteiger partial charge in [0.2, 0.25) is 5.91 Å². The Kier molecular flexibility index (Phi) is 7.34. The van der Waals surface area contributed by atoms with Gasteiger partial charge in [-0.2, -0.15) is 0 Å². The Bertz CT molecular complexity index is 205. The fourth-order valence-electron chi connectivity index (χ4n) is 1.43. The van der Waals surface area contributed by atoms with Gasteiger partial charge in [0.1, 0.15) is 0 Å². The van der Waals surface area contributed by atoms with Crippen molar-refractivity contribution >= 4 is 5.91 Å². The average Bonchev–Trinajstić information content (AvgIpc) is 2.23. The van der Waals surface area contributed by atoms with E-state index < -0.39 is 6.10 Å². The highest BCUT2D eigenvalue weighted by Crippen LogP contribution is 2.25. The summed E-state index contributed by atoms with van der Waals surface area (Å²) in [6, 6.07) is 0. The van der Waals surface area contributed by atoms with Crippen LogP contribution < -0.4 is 11.1 Å². The molecule has 0 aromatic heterocycles. The van der Waals surface area contributed by atoms with E-state index in [9.17, 15) is 9.90 Å². The first-order chi connectivity index (χ1) is 7.41. The summed E-state index contributed by atoms with van der Waals surface area (Å²) < 4.78 is 0. The van der Waals surface area contributed by atoms with Crippen LogP contribution in [0, 0.1) is 5.41 Å². The third-order valence-corrected chi connectivity index (χ3v) is 2.86. The van der Waals surface area contributed by atoms with Crippen LogP contribution in [-0.4, -0.2) is 30.2 Å². The second kappa shape index (κ2) is 7.63. The lowest BCUT2D eigenvalue weighted by Crippen LogP contribution is -2.32.